The van der Waals surface area contributed by atoms with Crippen molar-refractivity contribution in [1.82, 2.24) is 20.4 Å². The largest absolute Gasteiger partial charge is 0.378 e. The summed E-state index contributed by atoms with van der Waals surface area (Å²) in [6, 6.07) is 15.8. The highest BCUT2D eigenvalue weighted by molar-refractivity contribution is 6.30. The molecule has 1 aromatic heterocycles. The van der Waals surface area contributed by atoms with Crippen molar-refractivity contribution in [2.75, 3.05) is 38.6 Å². The molecule has 7 nitrogen and oxygen atoms in total. The third-order valence-electron chi connectivity index (χ3n) is 5.84. The summed E-state index contributed by atoms with van der Waals surface area (Å²) in [6.07, 6.45) is 2.09. The first-order valence-electron chi connectivity index (χ1n) is 10.8. The lowest BCUT2D eigenvalue weighted by Gasteiger charge is -2.32. The van der Waals surface area contributed by atoms with Gasteiger partial charge in [-0.25, -0.2) is 0 Å². The highest BCUT2D eigenvalue weighted by Gasteiger charge is 2.22. The molecule has 1 N–H and O–H groups in total. The van der Waals surface area contributed by atoms with E-state index in [2.05, 4.69) is 32.5 Å². The summed E-state index contributed by atoms with van der Waals surface area (Å²) in [5.41, 5.74) is 3.16. The van der Waals surface area contributed by atoms with Gasteiger partial charge in [0, 0.05) is 43.5 Å². The molecule has 4 rings (SSSR count). The van der Waals surface area contributed by atoms with Gasteiger partial charge in [-0.05, 0) is 73.8 Å². The number of anilines is 1. The average molecular weight is 454 g/mol. The number of hydrogen-bond acceptors (Lipinski definition) is 6. The van der Waals surface area contributed by atoms with Crippen molar-refractivity contribution in [2.24, 2.45) is 5.92 Å². The highest BCUT2D eigenvalue weighted by Crippen LogP contribution is 2.21. The normalized spacial score (nSPS) is 15.0. The van der Waals surface area contributed by atoms with Gasteiger partial charge in [-0.1, -0.05) is 28.9 Å². The van der Waals surface area contributed by atoms with Gasteiger partial charge in [0.1, 0.15) is 0 Å². The summed E-state index contributed by atoms with van der Waals surface area (Å²) in [5.74, 6) is 0.534. The molecule has 8 heteroatoms. The maximum absolute atomic E-state index is 12.5. The molecule has 0 radical (unpaired) electrons. The van der Waals surface area contributed by atoms with Crippen LogP contribution in [0.25, 0.3) is 11.4 Å². The molecule has 1 aliphatic rings. The number of likely N-dealkylation sites (tertiary alicyclic amines) is 1. The Bertz CT molecular complexity index is 1030. The predicted molar refractivity (Wildman–Crippen MR) is 126 cm³/mol. The topological polar surface area (TPSA) is 74.5 Å². The van der Waals surface area contributed by atoms with Crippen molar-refractivity contribution in [2.45, 2.75) is 19.4 Å². The summed E-state index contributed by atoms with van der Waals surface area (Å²) in [7, 11) is 3.96. The molecular weight excluding hydrogens is 426 g/mol. The van der Waals surface area contributed by atoms with Gasteiger partial charge in [0.05, 0.1) is 0 Å². The van der Waals surface area contributed by atoms with E-state index < -0.39 is 0 Å². The van der Waals surface area contributed by atoms with Crippen molar-refractivity contribution >= 4 is 23.2 Å². The van der Waals surface area contributed by atoms with E-state index in [0.29, 0.717) is 18.3 Å². The molecule has 0 bridgehead atoms. The Balaban J connectivity index is 1.23. The van der Waals surface area contributed by atoms with E-state index in [4.69, 9.17) is 16.1 Å². The summed E-state index contributed by atoms with van der Waals surface area (Å²) < 4.78 is 5.19. The molecule has 0 saturated carbocycles. The summed E-state index contributed by atoms with van der Waals surface area (Å²) in [5, 5.41) is 7.67. The number of carbonyl (C=O) groups excluding carboxylic acids is 1. The maximum Gasteiger partial charge on any atom is 0.316 e. The molecule has 1 fully saturated rings. The molecule has 2 heterocycles. The second kappa shape index (κ2) is 10.1. The van der Waals surface area contributed by atoms with Gasteiger partial charge >= 0.3 is 11.8 Å². The SMILES string of the molecule is CN(C)c1ccc(-c2noc(C(=O)NCC3CCN(Cc4ccc(Cl)cc4)CC3)n2)cc1. The fourth-order valence-corrected chi connectivity index (χ4v) is 3.98. The van der Waals surface area contributed by atoms with Crippen LogP contribution in [0.1, 0.15) is 29.1 Å². The second-order valence-corrected chi connectivity index (χ2v) is 8.86. The number of halogens is 1. The van der Waals surface area contributed by atoms with E-state index in [1.165, 1.54) is 5.56 Å². The molecule has 1 saturated heterocycles. The fourth-order valence-electron chi connectivity index (χ4n) is 3.85. The van der Waals surface area contributed by atoms with E-state index in [9.17, 15) is 4.79 Å². The first-order valence-corrected chi connectivity index (χ1v) is 11.2. The Labute approximate surface area is 193 Å². The minimum absolute atomic E-state index is 0.00291. The van der Waals surface area contributed by atoms with Crippen LogP contribution in [0.3, 0.4) is 0 Å². The van der Waals surface area contributed by atoms with Crippen LogP contribution in [-0.2, 0) is 6.54 Å². The van der Waals surface area contributed by atoms with Gasteiger partial charge in [-0.15, -0.1) is 0 Å². The first kappa shape index (κ1) is 22.3. The third kappa shape index (κ3) is 5.66. The number of piperidine rings is 1. The molecular formula is C24H28ClN5O2. The average Bonchev–Trinajstić information content (AvgIpc) is 3.30. The van der Waals surface area contributed by atoms with E-state index in [1.54, 1.807) is 0 Å². The quantitative estimate of drug-likeness (QED) is 0.580. The van der Waals surface area contributed by atoms with Crippen LogP contribution in [0.2, 0.25) is 5.02 Å². The molecule has 168 valence electrons. The van der Waals surface area contributed by atoms with Crippen molar-refractivity contribution in [3.05, 3.63) is 65.0 Å². The van der Waals surface area contributed by atoms with Crippen molar-refractivity contribution in [3.8, 4) is 11.4 Å². The smallest absolute Gasteiger partial charge is 0.316 e. The Morgan fingerprint density at radius 3 is 2.47 bits per heavy atom. The zero-order chi connectivity index (χ0) is 22.5. The molecule has 0 unspecified atom stereocenters. The van der Waals surface area contributed by atoms with Crippen LogP contribution in [0, 0.1) is 5.92 Å². The van der Waals surface area contributed by atoms with Crippen LogP contribution < -0.4 is 10.2 Å². The van der Waals surface area contributed by atoms with Crippen LogP contribution in [-0.4, -0.2) is 54.7 Å². The number of aromatic nitrogens is 2. The van der Waals surface area contributed by atoms with Crippen LogP contribution >= 0.6 is 11.6 Å². The number of amides is 1. The Kier molecular flexibility index (Phi) is 7.07. The van der Waals surface area contributed by atoms with Crippen molar-refractivity contribution in [3.63, 3.8) is 0 Å². The zero-order valence-corrected chi connectivity index (χ0v) is 19.2. The number of rotatable bonds is 7. The number of nitrogens with one attached hydrogen (secondary N) is 1. The summed E-state index contributed by atoms with van der Waals surface area (Å²) >= 11 is 5.96. The molecule has 32 heavy (non-hydrogen) atoms. The minimum Gasteiger partial charge on any atom is -0.378 e. The van der Waals surface area contributed by atoms with E-state index >= 15 is 0 Å². The standard InChI is InChI=1S/C24H28ClN5O2/c1-29(2)21-9-5-19(6-10-21)22-27-24(32-28-22)23(31)26-15-17-11-13-30(14-12-17)16-18-3-7-20(25)8-4-18/h3-10,17H,11-16H2,1-2H3,(H,26,31). The zero-order valence-electron chi connectivity index (χ0n) is 18.4. The maximum atomic E-state index is 12.5. The summed E-state index contributed by atoms with van der Waals surface area (Å²) in [4.78, 5) is 21.2. The highest BCUT2D eigenvalue weighted by atomic mass is 35.5. The van der Waals surface area contributed by atoms with Crippen LogP contribution in [0.15, 0.2) is 53.1 Å². The van der Waals surface area contributed by atoms with Gasteiger partial charge in [0.2, 0.25) is 5.82 Å². The first-order chi connectivity index (χ1) is 15.5. The number of nitrogens with zero attached hydrogens (tertiary/aromatic N) is 4. The lowest BCUT2D eigenvalue weighted by Crippen LogP contribution is -2.38. The molecule has 0 atom stereocenters. The van der Waals surface area contributed by atoms with Gasteiger partial charge < -0.3 is 14.7 Å². The third-order valence-corrected chi connectivity index (χ3v) is 6.09. The summed E-state index contributed by atoms with van der Waals surface area (Å²) in [6.45, 7) is 3.56. The van der Waals surface area contributed by atoms with E-state index in [-0.39, 0.29) is 11.8 Å². The lowest BCUT2D eigenvalue weighted by molar-refractivity contribution is 0.0891. The number of carbonyl (C=O) groups is 1. The lowest BCUT2D eigenvalue weighted by atomic mass is 9.96. The molecule has 1 amide bonds. The second-order valence-electron chi connectivity index (χ2n) is 8.42. The van der Waals surface area contributed by atoms with Crippen molar-refractivity contribution < 1.29 is 9.32 Å². The molecule has 0 spiro atoms. The molecule has 2 aromatic carbocycles. The van der Waals surface area contributed by atoms with Gasteiger partial charge in [-0.2, -0.15) is 4.98 Å². The minimum atomic E-state index is -0.322. The Hall–Kier alpha value is -2.90. The van der Waals surface area contributed by atoms with E-state index in [0.717, 1.165) is 48.7 Å². The van der Waals surface area contributed by atoms with E-state index in [1.807, 2.05) is 55.4 Å². The van der Waals surface area contributed by atoms with Crippen LogP contribution in [0.5, 0.6) is 0 Å². The molecule has 1 aliphatic heterocycles. The molecule has 3 aromatic rings. The Morgan fingerprint density at radius 2 is 1.81 bits per heavy atom. The van der Waals surface area contributed by atoms with Gasteiger partial charge in [-0.3, -0.25) is 9.69 Å². The number of benzene rings is 2. The van der Waals surface area contributed by atoms with Crippen molar-refractivity contribution in [1.29, 1.82) is 0 Å². The Morgan fingerprint density at radius 1 is 1.12 bits per heavy atom. The van der Waals surface area contributed by atoms with Crippen LogP contribution in [0.4, 0.5) is 5.69 Å². The van der Waals surface area contributed by atoms with Gasteiger partial charge in [0.25, 0.3) is 0 Å². The predicted octanol–water partition coefficient (Wildman–Crippen LogP) is 4.10. The fraction of sp³-hybridized carbons (Fsp3) is 0.375. The monoisotopic (exact) mass is 453 g/mol. The molecule has 0 aliphatic carbocycles. The number of hydrogen-bond donors (Lipinski definition) is 1. The van der Waals surface area contributed by atoms with Gasteiger partial charge in [0.15, 0.2) is 0 Å².